The highest BCUT2D eigenvalue weighted by Gasteiger charge is 2.10. The predicted octanol–water partition coefficient (Wildman–Crippen LogP) is 2.97. The number of benzene rings is 2. The minimum absolute atomic E-state index is 0.00287. The first-order chi connectivity index (χ1) is 13.0. The molecule has 0 saturated carbocycles. The van der Waals surface area contributed by atoms with E-state index in [1.54, 1.807) is 30.3 Å². The fourth-order valence-electron chi connectivity index (χ4n) is 2.63. The number of H-pyrrole nitrogens is 1. The van der Waals surface area contributed by atoms with Gasteiger partial charge in [0.2, 0.25) is 5.95 Å². The fraction of sp³-hybridized carbons (Fsp3) is 0. The fourth-order valence-corrected chi connectivity index (χ4v) is 2.63. The molecule has 0 spiro atoms. The highest BCUT2D eigenvalue weighted by Crippen LogP contribution is 2.23. The van der Waals surface area contributed by atoms with Crippen molar-refractivity contribution in [3.8, 4) is 22.8 Å². The Labute approximate surface area is 150 Å². The molecule has 134 valence electrons. The maximum Gasteiger partial charge on any atom is 0.511 e. The minimum Gasteiger partial charge on any atom is -0.449 e. The third-order valence-electron chi connectivity index (χ3n) is 3.85. The molecule has 2 heterocycles. The van der Waals surface area contributed by atoms with Crippen molar-refractivity contribution in [3.63, 3.8) is 0 Å². The zero-order chi connectivity index (χ0) is 19.0. The van der Waals surface area contributed by atoms with Gasteiger partial charge in [-0.1, -0.05) is 18.2 Å². The van der Waals surface area contributed by atoms with Crippen molar-refractivity contribution in [1.29, 1.82) is 0 Å². The molecule has 9 heteroatoms. The van der Waals surface area contributed by atoms with Gasteiger partial charge in [-0.25, -0.2) is 18.9 Å². The Morgan fingerprint density at radius 1 is 1.15 bits per heavy atom. The summed E-state index contributed by atoms with van der Waals surface area (Å²) in [6.45, 7) is 0. The van der Waals surface area contributed by atoms with Crippen LogP contribution >= 0.6 is 0 Å². The number of fused-ring (bicyclic) bond motifs is 1. The Bertz CT molecular complexity index is 1210. The summed E-state index contributed by atoms with van der Waals surface area (Å²) in [5.74, 6) is -0.228. The number of rotatable bonds is 3. The lowest BCUT2D eigenvalue weighted by molar-refractivity contribution is 0.144. The topological polar surface area (TPSA) is 110 Å². The maximum atomic E-state index is 13.1. The zero-order valence-corrected chi connectivity index (χ0v) is 13.6. The molecule has 8 nitrogen and oxygen atoms in total. The molecule has 4 aromatic rings. The average Bonchev–Trinajstić information content (AvgIpc) is 3.10. The first-order valence-electron chi connectivity index (χ1n) is 7.75. The second-order valence-corrected chi connectivity index (χ2v) is 5.62. The lowest BCUT2D eigenvalue weighted by Crippen LogP contribution is -2.13. The van der Waals surface area contributed by atoms with E-state index in [-0.39, 0.29) is 17.5 Å². The molecule has 0 aliphatic rings. The van der Waals surface area contributed by atoms with Gasteiger partial charge in [0, 0.05) is 0 Å². The van der Waals surface area contributed by atoms with Gasteiger partial charge in [-0.3, -0.25) is 9.78 Å². The van der Waals surface area contributed by atoms with E-state index in [0.29, 0.717) is 10.9 Å². The molecule has 4 rings (SSSR count). The van der Waals surface area contributed by atoms with Crippen LogP contribution in [0.2, 0.25) is 0 Å². The normalized spacial score (nSPS) is 10.9. The monoisotopic (exact) mass is 366 g/mol. The Hall–Kier alpha value is -4.01. The van der Waals surface area contributed by atoms with Crippen molar-refractivity contribution in [2.24, 2.45) is 0 Å². The SMILES string of the molecule is O=C(O)Oc1cnn(-c2nc3ccc(-c4ccc(F)cc4)cc3c(=O)[nH]2)c1. The summed E-state index contributed by atoms with van der Waals surface area (Å²) in [4.78, 5) is 30.0. The van der Waals surface area contributed by atoms with Gasteiger partial charge in [0.15, 0.2) is 5.75 Å². The van der Waals surface area contributed by atoms with Crippen molar-refractivity contribution in [3.05, 3.63) is 71.0 Å². The van der Waals surface area contributed by atoms with Crippen LogP contribution in [0.4, 0.5) is 9.18 Å². The second kappa shape index (κ2) is 6.37. The molecule has 0 aliphatic carbocycles. The van der Waals surface area contributed by atoms with Gasteiger partial charge in [0.05, 0.1) is 23.3 Å². The Morgan fingerprint density at radius 2 is 1.89 bits per heavy atom. The van der Waals surface area contributed by atoms with Gasteiger partial charge >= 0.3 is 6.16 Å². The van der Waals surface area contributed by atoms with E-state index in [1.165, 1.54) is 29.2 Å². The molecule has 0 atom stereocenters. The smallest absolute Gasteiger partial charge is 0.449 e. The van der Waals surface area contributed by atoms with Crippen LogP contribution in [-0.2, 0) is 0 Å². The van der Waals surface area contributed by atoms with Crippen LogP contribution in [0, 0.1) is 5.82 Å². The van der Waals surface area contributed by atoms with Crippen LogP contribution in [0.25, 0.3) is 28.0 Å². The number of nitrogens with zero attached hydrogens (tertiary/aromatic N) is 3. The molecule has 0 amide bonds. The number of hydrogen-bond donors (Lipinski definition) is 2. The lowest BCUT2D eigenvalue weighted by Gasteiger charge is -2.05. The molecule has 0 saturated heterocycles. The molecular weight excluding hydrogens is 355 g/mol. The van der Waals surface area contributed by atoms with Crippen molar-refractivity contribution >= 4 is 17.1 Å². The lowest BCUT2D eigenvalue weighted by atomic mass is 10.0. The molecule has 2 aromatic heterocycles. The van der Waals surface area contributed by atoms with Gasteiger partial charge < -0.3 is 9.84 Å². The third kappa shape index (κ3) is 3.25. The van der Waals surface area contributed by atoms with Crippen molar-refractivity contribution < 1.29 is 19.0 Å². The highest BCUT2D eigenvalue weighted by molar-refractivity contribution is 5.84. The number of halogens is 1. The number of hydrogen-bond acceptors (Lipinski definition) is 5. The molecule has 0 bridgehead atoms. The van der Waals surface area contributed by atoms with Gasteiger partial charge in [-0.2, -0.15) is 5.10 Å². The van der Waals surface area contributed by atoms with Crippen molar-refractivity contribution in [2.75, 3.05) is 0 Å². The molecule has 0 aliphatic heterocycles. The van der Waals surface area contributed by atoms with Gasteiger partial charge in [-0.15, -0.1) is 0 Å². The number of carboxylic acid groups (broad SMARTS) is 1. The number of nitrogens with one attached hydrogen (secondary N) is 1. The third-order valence-corrected chi connectivity index (χ3v) is 3.85. The average molecular weight is 366 g/mol. The summed E-state index contributed by atoms with van der Waals surface area (Å²) in [5, 5.41) is 12.9. The van der Waals surface area contributed by atoms with Crippen molar-refractivity contribution in [1.82, 2.24) is 19.7 Å². The van der Waals surface area contributed by atoms with Crippen LogP contribution in [-0.4, -0.2) is 31.0 Å². The quantitative estimate of drug-likeness (QED) is 0.540. The standard InChI is InChI=1S/C18H11FN4O4/c19-12-4-1-10(2-5-12)11-3-6-15-14(7-11)16(24)22-17(21-15)23-9-13(8-20-23)27-18(25)26/h1-9H,(H,25,26)(H,21,22,24). The predicted molar refractivity (Wildman–Crippen MR) is 93.5 cm³/mol. The van der Waals surface area contributed by atoms with E-state index >= 15 is 0 Å². The summed E-state index contributed by atoms with van der Waals surface area (Å²) >= 11 is 0. The van der Waals surface area contributed by atoms with Crippen LogP contribution in [0.1, 0.15) is 0 Å². The zero-order valence-electron chi connectivity index (χ0n) is 13.6. The summed E-state index contributed by atoms with van der Waals surface area (Å²) in [6.07, 6.45) is 1.00. The molecule has 0 fully saturated rings. The Balaban J connectivity index is 1.75. The Morgan fingerprint density at radius 3 is 2.63 bits per heavy atom. The molecule has 2 N–H and O–H groups in total. The van der Waals surface area contributed by atoms with E-state index in [9.17, 15) is 14.0 Å². The first-order valence-corrected chi connectivity index (χ1v) is 7.75. The van der Waals surface area contributed by atoms with Gasteiger partial charge in [0.1, 0.15) is 5.82 Å². The van der Waals surface area contributed by atoms with Crippen LogP contribution in [0.3, 0.4) is 0 Å². The van der Waals surface area contributed by atoms with Crippen LogP contribution in [0.5, 0.6) is 5.75 Å². The Kier molecular flexibility index (Phi) is 3.88. The number of ether oxygens (including phenoxy) is 1. The molecule has 0 radical (unpaired) electrons. The number of aromatic amines is 1. The van der Waals surface area contributed by atoms with E-state index in [0.717, 1.165) is 11.1 Å². The van der Waals surface area contributed by atoms with Gasteiger partial charge in [0.25, 0.3) is 5.56 Å². The van der Waals surface area contributed by atoms with E-state index in [1.807, 2.05) is 0 Å². The molecule has 0 unspecified atom stereocenters. The van der Waals surface area contributed by atoms with Crippen LogP contribution < -0.4 is 10.3 Å². The van der Waals surface area contributed by atoms with Crippen molar-refractivity contribution in [2.45, 2.75) is 0 Å². The van der Waals surface area contributed by atoms with Gasteiger partial charge in [-0.05, 0) is 35.4 Å². The first kappa shape index (κ1) is 16.5. The summed E-state index contributed by atoms with van der Waals surface area (Å²) in [5.41, 5.74) is 1.55. The van der Waals surface area contributed by atoms with Crippen LogP contribution in [0.15, 0.2) is 59.7 Å². The summed E-state index contributed by atoms with van der Waals surface area (Å²) in [6, 6.07) is 11.1. The van der Waals surface area contributed by atoms with E-state index < -0.39 is 11.7 Å². The highest BCUT2D eigenvalue weighted by atomic mass is 19.1. The summed E-state index contributed by atoms with van der Waals surface area (Å²) < 4.78 is 18.8. The molecule has 2 aromatic carbocycles. The maximum absolute atomic E-state index is 13.1. The van der Waals surface area contributed by atoms with E-state index in [4.69, 9.17) is 5.11 Å². The minimum atomic E-state index is -1.47. The van der Waals surface area contributed by atoms with E-state index in [2.05, 4.69) is 19.8 Å². The second-order valence-electron chi connectivity index (χ2n) is 5.62. The summed E-state index contributed by atoms with van der Waals surface area (Å²) in [7, 11) is 0. The number of aromatic nitrogens is 4. The largest absolute Gasteiger partial charge is 0.511 e. The molecule has 27 heavy (non-hydrogen) atoms. The number of carbonyl (C=O) groups is 1. The molecular formula is C18H11FN4O4.